The first-order valence-electron chi connectivity index (χ1n) is 5.96. The summed E-state index contributed by atoms with van der Waals surface area (Å²) in [4.78, 5) is 22.3. The zero-order chi connectivity index (χ0) is 14.5. The van der Waals surface area contributed by atoms with E-state index in [0.29, 0.717) is 5.69 Å². The first kappa shape index (κ1) is 13.7. The van der Waals surface area contributed by atoms with Crippen LogP contribution in [0.25, 0.3) is 10.9 Å². The predicted octanol–water partition coefficient (Wildman–Crippen LogP) is 2.46. The van der Waals surface area contributed by atoms with Crippen LogP contribution < -0.4 is 5.32 Å². The van der Waals surface area contributed by atoms with Crippen molar-refractivity contribution in [2.45, 2.75) is 6.54 Å². The maximum Gasteiger partial charge on any atom is 0.411 e. The molecule has 6 nitrogen and oxygen atoms in total. The van der Waals surface area contributed by atoms with Crippen molar-refractivity contribution >= 4 is 28.7 Å². The molecule has 2 aromatic rings. The second-order valence-corrected chi connectivity index (χ2v) is 4.09. The number of benzene rings is 1. The molecule has 0 fully saturated rings. The van der Waals surface area contributed by atoms with Crippen LogP contribution in [0.1, 0.15) is 0 Å². The zero-order valence-corrected chi connectivity index (χ0v) is 10.7. The number of hydrogen-bond donors (Lipinski definition) is 2. The number of carbonyl (C=O) groups excluding carboxylic acids is 1. The topological polar surface area (TPSA) is 80.6 Å². The quantitative estimate of drug-likeness (QED) is 0.821. The SMILES string of the molecule is C=CCOC(=O)Nc1cccc2c1ccn2CC(=O)O. The van der Waals surface area contributed by atoms with Crippen LogP contribution in [0.3, 0.4) is 0 Å². The summed E-state index contributed by atoms with van der Waals surface area (Å²) in [7, 11) is 0. The second kappa shape index (κ2) is 5.92. The van der Waals surface area contributed by atoms with Crippen molar-refractivity contribution in [3.63, 3.8) is 0 Å². The number of hydrogen-bond acceptors (Lipinski definition) is 3. The van der Waals surface area contributed by atoms with Crippen LogP contribution in [0.2, 0.25) is 0 Å². The molecule has 0 atom stereocenters. The van der Waals surface area contributed by atoms with Gasteiger partial charge in [0.2, 0.25) is 0 Å². The number of aliphatic carboxylic acids is 1. The summed E-state index contributed by atoms with van der Waals surface area (Å²) in [5.41, 5.74) is 1.30. The lowest BCUT2D eigenvalue weighted by Crippen LogP contribution is -2.13. The molecule has 0 aliphatic heterocycles. The molecule has 0 saturated carbocycles. The molecule has 0 aliphatic rings. The van der Waals surface area contributed by atoms with Gasteiger partial charge in [0.05, 0.1) is 11.2 Å². The van der Waals surface area contributed by atoms with E-state index in [9.17, 15) is 9.59 Å². The lowest BCUT2D eigenvalue weighted by Gasteiger charge is -2.07. The Labute approximate surface area is 115 Å². The number of anilines is 1. The van der Waals surface area contributed by atoms with Crippen molar-refractivity contribution < 1.29 is 19.4 Å². The van der Waals surface area contributed by atoms with Crippen LogP contribution in [0.5, 0.6) is 0 Å². The number of nitrogens with one attached hydrogen (secondary N) is 1. The van der Waals surface area contributed by atoms with Crippen molar-refractivity contribution in [3.05, 3.63) is 43.1 Å². The fraction of sp³-hybridized carbons (Fsp3) is 0.143. The molecule has 20 heavy (non-hydrogen) atoms. The number of ether oxygens (including phenoxy) is 1. The number of aromatic nitrogens is 1. The number of carboxylic acid groups (broad SMARTS) is 1. The van der Waals surface area contributed by atoms with E-state index in [0.717, 1.165) is 10.9 Å². The standard InChI is InChI=1S/C14H14N2O4/c1-2-8-20-14(19)15-11-4-3-5-12-10(11)6-7-16(12)9-13(17)18/h2-7H,1,8-9H2,(H,15,19)(H,17,18). The lowest BCUT2D eigenvalue weighted by atomic mass is 10.2. The fourth-order valence-corrected chi connectivity index (χ4v) is 1.90. The van der Waals surface area contributed by atoms with Gasteiger partial charge in [0.15, 0.2) is 0 Å². The summed E-state index contributed by atoms with van der Waals surface area (Å²) in [5.74, 6) is -0.925. The Bertz CT molecular complexity index is 660. The lowest BCUT2D eigenvalue weighted by molar-refractivity contribution is -0.137. The minimum atomic E-state index is -0.925. The smallest absolute Gasteiger partial charge is 0.411 e. The molecule has 0 bridgehead atoms. The highest BCUT2D eigenvalue weighted by Crippen LogP contribution is 2.24. The third kappa shape index (κ3) is 2.97. The number of carbonyl (C=O) groups is 2. The van der Waals surface area contributed by atoms with E-state index >= 15 is 0 Å². The zero-order valence-electron chi connectivity index (χ0n) is 10.7. The van der Waals surface area contributed by atoms with Crippen molar-refractivity contribution in [2.24, 2.45) is 0 Å². The summed E-state index contributed by atoms with van der Waals surface area (Å²) in [5, 5.41) is 12.2. The Morgan fingerprint density at radius 3 is 2.90 bits per heavy atom. The number of amides is 1. The molecule has 1 heterocycles. The Balaban J connectivity index is 2.26. The highest BCUT2D eigenvalue weighted by Gasteiger charge is 2.10. The van der Waals surface area contributed by atoms with Gasteiger partial charge in [-0.05, 0) is 18.2 Å². The van der Waals surface area contributed by atoms with Gasteiger partial charge in [-0.15, -0.1) is 0 Å². The monoisotopic (exact) mass is 274 g/mol. The van der Waals surface area contributed by atoms with Crippen LogP contribution in [-0.2, 0) is 16.1 Å². The summed E-state index contributed by atoms with van der Waals surface area (Å²) >= 11 is 0. The highest BCUT2D eigenvalue weighted by molar-refractivity contribution is 5.99. The van der Waals surface area contributed by atoms with Crippen molar-refractivity contribution in [3.8, 4) is 0 Å². The van der Waals surface area contributed by atoms with Crippen molar-refractivity contribution in [2.75, 3.05) is 11.9 Å². The third-order valence-corrected chi connectivity index (χ3v) is 2.69. The Morgan fingerprint density at radius 2 is 2.20 bits per heavy atom. The highest BCUT2D eigenvalue weighted by atomic mass is 16.5. The first-order chi connectivity index (χ1) is 9.61. The molecule has 1 amide bonds. The minimum Gasteiger partial charge on any atom is -0.480 e. The maximum absolute atomic E-state index is 11.5. The molecular formula is C14H14N2O4. The molecule has 0 unspecified atom stereocenters. The average molecular weight is 274 g/mol. The van der Waals surface area contributed by atoms with Gasteiger partial charge in [0.1, 0.15) is 13.2 Å². The van der Waals surface area contributed by atoms with Crippen LogP contribution >= 0.6 is 0 Å². The number of nitrogens with zero attached hydrogens (tertiary/aromatic N) is 1. The molecule has 6 heteroatoms. The van der Waals surface area contributed by atoms with Gasteiger partial charge in [-0.2, -0.15) is 0 Å². The largest absolute Gasteiger partial charge is 0.480 e. The first-order valence-corrected chi connectivity index (χ1v) is 5.96. The van der Waals surface area contributed by atoms with Gasteiger partial charge in [0.25, 0.3) is 0 Å². The molecule has 0 aliphatic carbocycles. The summed E-state index contributed by atoms with van der Waals surface area (Å²) in [6, 6.07) is 7.01. The van der Waals surface area contributed by atoms with E-state index in [1.807, 2.05) is 0 Å². The third-order valence-electron chi connectivity index (χ3n) is 2.69. The molecule has 0 spiro atoms. The van der Waals surface area contributed by atoms with E-state index in [2.05, 4.69) is 11.9 Å². The molecule has 1 aromatic carbocycles. The molecule has 2 rings (SSSR count). The molecule has 104 valence electrons. The molecule has 0 saturated heterocycles. The van der Waals surface area contributed by atoms with E-state index in [4.69, 9.17) is 9.84 Å². The van der Waals surface area contributed by atoms with Gasteiger partial charge in [0, 0.05) is 11.6 Å². The summed E-state index contributed by atoms with van der Waals surface area (Å²) in [6.07, 6.45) is 2.56. The van der Waals surface area contributed by atoms with Crippen molar-refractivity contribution in [1.82, 2.24) is 4.57 Å². The van der Waals surface area contributed by atoms with E-state index in [1.165, 1.54) is 6.08 Å². The summed E-state index contributed by atoms with van der Waals surface area (Å²) in [6.45, 7) is 3.45. The minimum absolute atomic E-state index is 0.127. The average Bonchev–Trinajstić information content (AvgIpc) is 2.80. The number of rotatable bonds is 5. The van der Waals surface area contributed by atoms with Crippen molar-refractivity contribution in [1.29, 1.82) is 0 Å². The Morgan fingerprint density at radius 1 is 1.40 bits per heavy atom. The molecular weight excluding hydrogens is 260 g/mol. The van der Waals surface area contributed by atoms with E-state index in [-0.39, 0.29) is 13.2 Å². The van der Waals surface area contributed by atoms with Gasteiger partial charge in [-0.1, -0.05) is 18.7 Å². The van der Waals surface area contributed by atoms with Crippen LogP contribution in [0.4, 0.5) is 10.5 Å². The van der Waals surface area contributed by atoms with Crippen LogP contribution in [0.15, 0.2) is 43.1 Å². The number of fused-ring (bicyclic) bond motifs is 1. The second-order valence-electron chi connectivity index (χ2n) is 4.09. The van der Waals surface area contributed by atoms with Crippen LogP contribution in [-0.4, -0.2) is 28.3 Å². The normalized spacial score (nSPS) is 10.2. The van der Waals surface area contributed by atoms with Crippen LogP contribution in [0, 0.1) is 0 Å². The van der Waals surface area contributed by atoms with E-state index < -0.39 is 12.1 Å². The van der Waals surface area contributed by atoms with E-state index in [1.54, 1.807) is 35.0 Å². The molecule has 0 radical (unpaired) electrons. The Hall–Kier alpha value is -2.76. The Kier molecular flexibility index (Phi) is 4.05. The predicted molar refractivity (Wildman–Crippen MR) is 74.7 cm³/mol. The van der Waals surface area contributed by atoms with Gasteiger partial charge in [-0.25, -0.2) is 4.79 Å². The molecule has 2 N–H and O–H groups in total. The molecule has 1 aromatic heterocycles. The van der Waals surface area contributed by atoms with Gasteiger partial charge < -0.3 is 14.4 Å². The fourth-order valence-electron chi connectivity index (χ4n) is 1.90. The number of carboxylic acids is 1. The maximum atomic E-state index is 11.5. The van der Waals surface area contributed by atoms with Gasteiger partial charge in [-0.3, -0.25) is 10.1 Å². The van der Waals surface area contributed by atoms with Gasteiger partial charge >= 0.3 is 12.1 Å². The summed E-state index contributed by atoms with van der Waals surface area (Å²) < 4.78 is 6.44.